The van der Waals surface area contributed by atoms with Gasteiger partial charge in [-0.3, -0.25) is 0 Å². The molecule has 0 saturated heterocycles. The number of hydrogen-bond donors (Lipinski definition) is 1. The van der Waals surface area contributed by atoms with Crippen molar-refractivity contribution in [1.29, 1.82) is 0 Å². The quantitative estimate of drug-likeness (QED) is 0.871. The molecule has 1 saturated carbocycles. The van der Waals surface area contributed by atoms with Crippen molar-refractivity contribution in [2.45, 2.75) is 58.9 Å². The molecule has 1 aliphatic carbocycles. The van der Waals surface area contributed by atoms with Crippen molar-refractivity contribution in [3.8, 4) is 5.75 Å². The lowest BCUT2D eigenvalue weighted by Crippen LogP contribution is -2.42. The molecule has 1 aliphatic rings. The Hall–Kier alpha value is -1.02. The summed E-state index contributed by atoms with van der Waals surface area (Å²) in [6.45, 7) is 8.91. The van der Waals surface area contributed by atoms with Gasteiger partial charge in [-0.05, 0) is 56.1 Å². The van der Waals surface area contributed by atoms with Gasteiger partial charge in [-0.1, -0.05) is 26.0 Å². The molecule has 1 aromatic rings. The second kappa shape index (κ2) is 4.82. The average Bonchev–Trinajstić information content (AvgIpc) is 2.36. The van der Waals surface area contributed by atoms with E-state index in [1.165, 1.54) is 29.5 Å². The lowest BCUT2D eigenvalue weighted by molar-refractivity contribution is 0.162. The zero-order chi connectivity index (χ0) is 14.3. The lowest BCUT2D eigenvalue weighted by Gasteiger charge is -2.42. The second-order valence-corrected chi connectivity index (χ2v) is 6.91. The van der Waals surface area contributed by atoms with E-state index in [9.17, 15) is 0 Å². The Morgan fingerprint density at radius 2 is 1.63 bits per heavy atom. The van der Waals surface area contributed by atoms with Crippen LogP contribution in [0.1, 0.15) is 56.2 Å². The van der Waals surface area contributed by atoms with Crippen LogP contribution >= 0.6 is 0 Å². The summed E-state index contributed by atoms with van der Waals surface area (Å²) in [6.07, 6.45) is 4.44. The maximum Gasteiger partial charge on any atom is 0.127 e. The van der Waals surface area contributed by atoms with E-state index in [2.05, 4.69) is 39.8 Å². The van der Waals surface area contributed by atoms with Crippen molar-refractivity contribution >= 4 is 0 Å². The van der Waals surface area contributed by atoms with Crippen LogP contribution in [0.3, 0.4) is 0 Å². The predicted molar refractivity (Wildman–Crippen MR) is 80.6 cm³/mol. The van der Waals surface area contributed by atoms with Crippen LogP contribution in [0.15, 0.2) is 12.1 Å². The highest BCUT2D eigenvalue weighted by Gasteiger charge is 2.38. The summed E-state index contributed by atoms with van der Waals surface area (Å²) in [5.41, 5.74) is 10.6. The first-order chi connectivity index (χ1) is 8.79. The van der Waals surface area contributed by atoms with Gasteiger partial charge < -0.3 is 10.5 Å². The summed E-state index contributed by atoms with van der Waals surface area (Å²) < 4.78 is 5.65. The van der Waals surface area contributed by atoms with E-state index in [1.54, 1.807) is 7.11 Å². The third kappa shape index (κ3) is 2.64. The summed E-state index contributed by atoms with van der Waals surface area (Å²) in [5, 5.41) is 0. The molecule has 1 fully saturated rings. The van der Waals surface area contributed by atoms with Gasteiger partial charge in [0.15, 0.2) is 0 Å². The number of nitrogens with two attached hydrogens (primary N) is 1. The van der Waals surface area contributed by atoms with Gasteiger partial charge in [-0.2, -0.15) is 0 Å². The monoisotopic (exact) mass is 261 g/mol. The van der Waals surface area contributed by atoms with Crippen LogP contribution in [0.25, 0.3) is 0 Å². The number of hydrogen-bond acceptors (Lipinski definition) is 2. The highest BCUT2D eigenvalue weighted by Crippen LogP contribution is 2.46. The molecule has 0 aromatic heterocycles. The Kier molecular flexibility index (Phi) is 3.65. The molecule has 0 amide bonds. The minimum Gasteiger partial charge on any atom is -0.496 e. The fourth-order valence-electron chi connectivity index (χ4n) is 3.09. The van der Waals surface area contributed by atoms with Gasteiger partial charge in [0.2, 0.25) is 0 Å². The topological polar surface area (TPSA) is 35.2 Å². The summed E-state index contributed by atoms with van der Waals surface area (Å²) in [5.74, 6) is 0.988. The van der Waals surface area contributed by atoms with Gasteiger partial charge in [-0.15, -0.1) is 0 Å². The van der Waals surface area contributed by atoms with Gasteiger partial charge in [0.1, 0.15) is 5.75 Å². The van der Waals surface area contributed by atoms with E-state index in [4.69, 9.17) is 10.5 Å². The standard InChI is InChI=1S/C17H27NO/c1-12-6-7-14(15(19-5)13(12)2)17(18)10-8-16(3,4)9-11-17/h6-7H,8-11,18H2,1-5H3. The summed E-state index contributed by atoms with van der Waals surface area (Å²) in [7, 11) is 1.75. The zero-order valence-electron chi connectivity index (χ0n) is 13.0. The first-order valence-electron chi connectivity index (χ1n) is 7.23. The minimum absolute atomic E-state index is 0.223. The van der Waals surface area contributed by atoms with Crippen LogP contribution in [0.5, 0.6) is 5.75 Å². The summed E-state index contributed by atoms with van der Waals surface area (Å²) in [4.78, 5) is 0. The molecule has 0 radical (unpaired) electrons. The van der Waals surface area contributed by atoms with Crippen LogP contribution in [0.2, 0.25) is 0 Å². The van der Waals surface area contributed by atoms with Gasteiger partial charge in [0, 0.05) is 11.1 Å². The molecule has 2 rings (SSSR count). The molecule has 0 unspecified atom stereocenters. The van der Waals surface area contributed by atoms with E-state index in [-0.39, 0.29) is 5.54 Å². The molecule has 1 aromatic carbocycles. The van der Waals surface area contributed by atoms with Gasteiger partial charge in [0.25, 0.3) is 0 Å². The molecule has 2 N–H and O–H groups in total. The maximum atomic E-state index is 6.72. The van der Waals surface area contributed by atoms with E-state index in [0.29, 0.717) is 5.41 Å². The van der Waals surface area contributed by atoms with Crippen LogP contribution in [-0.2, 0) is 5.54 Å². The maximum absolute atomic E-state index is 6.72. The van der Waals surface area contributed by atoms with Crippen molar-refractivity contribution in [1.82, 2.24) is 0 Å². The number of methoxy groups -OCH3 is 1. The van der Waals surface area contributed by atoms with Gasteiger partial charge in [-0.25, -0.2) is 0 Å². The average molecular weight is 261 g/mol. The fourth-order valence-corrected chi connectivity index (χ4v) is 3.09. The highest BCUT2D eigenvalue weighted by molar-refractivity contribution is 5.48. The van der Waals surface area contributed by atoms with Crippen LogP contribution in [-0.4, -0.2) is 7.11 Å². The van der Waals surface area contributed by atoms with Crippen molar-refractivity contribution in [2.75, 3.05) is 7.11 Å². The molecule has 2 heteroatoms. The minimum atomic E-state index is -0.223. The van der Waals surface area contributed by atoms with Crippen molar-refractivity contribution in [3.63, 3.8) is 0 Å². The van der Waals surface area contributed by atoms with Crippen molar-refractivity contribution < 1.29 is 4.74 Å². The molecule has 2 nitrogen and oxygen atoms in total. The second-order valence-electron chi connectivity index (χ2n) is 6.91. The van der Waals surface area contributed by atoms with Gasteiger partial charge >= 0.3 is 0 Å². The summed E-state index contributed by atoms with van der Waals surface area (Å²) in [6, 6.07) is 4.33. The Morgan fingerprint density at radius 1 is 1.05 bits per heavy atom. The van der Waals surface area contributed by atoms with Crippen molar-refractivity contribution in [2.24, 2.45) is 11.1 Å². The number of benzene rings is 1. The molecular weight excluding hydrogens is 234 g/mol. The molecular formula is C17H27NO. The van der Waals surface area contributed by atoms with Crippen LogP contribution < -0.4 is 10.5 Å². The Labute approximate surface area is 117 Å². The zero-order valence-corrected chi connectivity index (χ0v) is 13.0. The Bertz CT molecular complexity index is 466. The molecule has 0 atom stereocenters. The largest absolute Gasteiger partial charge is 0.496 e. The van der Waals surface area contributed by atoms with Crippen molar-refractivity contribution in [3.05, 3.63) is 28.8 Å². The van der Waals surface area contributed by atoms with Gasteiger partial charge in [0.05, 0.1) is 7.11 Å². The Morgan fingerprint density at radius 3 is 2.16 bits per heavy atom. The molecule has 0 heterocycles. The number of aryl methyl sites for hydroxylation is 1. The fraction of sp³-hybridized carbons (Fsp3) is 0.647. The molecule has 0 aliphatic heterocycles. The molecule has 106 valence electrons. The summed E-state index contributed by atoms with van der Waals surface area (Å²) >= 11 is 0. The van der Waals surface area contributed by atoms with E-state index < -0.39 is 0 Å². The molecule has 0 bridgehead atoms. The van der Waals surface area contributed by atoms with E-state index >= 15 is 0 Å². The third-order valence-corrected chi connectivity index (χ3v) is 4.91. The SMILES string of the molecule is COc1c(C2(N)CCC(C)(C)CC2)ccc(C)c1C. The first-order valence-corrected chi connectivity index (χ1v) is 7.23. The third-order valence-electron chi connectivity index (χ3n) is 4.91. The normalized spacial score (nSPS) is 21.2. The first kappa shape index (κ1) is 14.4. The Balaban J connectivity index is 2.39. The van der Waals surface area contributed by atoms with E-state index in [0.717, 1.165) is 18.6 Å². The number of rotatable bonds is 2. The van der Waals surface area contributed by atoms with E-state index in [1.807, 2.05) is 0 Å². The number of ether oxygens (including phenoxy) is 1. The smallest absolute Gasteiger partial charge is 0.127 e. The highest BCUT2D eigenvalue weighted by atomic mass is 16.5. The predicted octanol–water partition coefficient (Wildman–Crippen LogP) is 4.07. The lowest BCUT2D eigenvalue weighted by atomic mass is 9.67. The van der Waals surface area contributed by atoms with Crippen LogP contribution in [0.4, 0.5) is 0 Å². The van der Waals surface area contributed by atoms with Crippen LogP contribution in [0, 0.1) is 19.3 Å². The molecule has 0 spiro atoms. The molecule has 19 heavy (non-hydrogen) atoms.